The van der Waals surface area contributed by atoms with E-state index in [1.807, 2.05) is 13.8 Å². The van der Waals surface area contributed by atoms with E-state index in [4.69, 9.17) is 11.6 Å². The van der Waals surface area contributed by atoms with Crippen LogP contribution < -0.4 is 10.6 Å². The molecule has 5 heteroatoms. The predicted octanol–water partition coefficient (Wildman–Crippen LogP) is 2.05. The number of carbonyl (C=O) groups excluding carboxylic acids is 2. The fraction of sp³-hybridized carbons (Fsp3) is 0.333. The van der Waals surface area contributed by atoms with Gasteiger partial charge in [0.25, 0.3) is 0 Å². The Bertz CT molecular complexity index is 419. The lowest BCUT2D eigenvalue weighted by molar-refractivity contribution is -0.136. The van der Waals surface area contributed by atoms with Crippen molar-refractivity contribution < 1.29 is 9.59 Å². The molecule has 17 heavy (non-hydrogen) atoms. The first-order valence-electron chi connectivity index (χ1n) is 5.34. The van der Waals surface area contributed by atoms with E-state index in [1.54, 1.807) is 24.3 Å². The third kappa shape index (κ3) is 4.87. The van der Waals surface area contributed by atoms with Crippen LogP contribution in [-0.2, 0) is 9.59 Å². The summed E-state index contributed by atoms with van der Waals surface area (Å²) in [5.74, 6) is -1.02. The molecule has 4 nitrogen and oxygen atoms in total. The van der Waals surface area contributed by atoms with Gasteiger partial charge in [-0.1, -0.05) is 31.5 Å². The number of benzene rings is 1. The molecule has 2 N–H and O–H groups in total. The normalized spacial score (nSPS) is 10.1. The van der Waals surface area contributed by atoms with Gasteiger partial charge in [0, 0.05) is 17.3 Å². The van der Waals surface area contributed by atoms with Crippen LogP contribution in [0.25, 0.3) is 0 Å². The zero-order valence-corrected chi connectivity index (χ0v) is 10.5. The first-order valence-corrected chi connectivity index (χ1v) is 5.71. The van der Waals surface area contributed by atoms with Gasteiger partial charge in [0.1, 0.15) is 0 Å². The van der Waals surface area contributed by atoms with E-state index in [9.17, 15) is 9.59 Å². The van der Waals surface area contributed by atoms with Crippen molar-refractivity contribution in [3.63, 3.8) is 0 Å². The van der Waals surface area contributed by atoms with Crippen molar-refractivity contribution in [3.8, 4) is 0 Å². The standard InChI is InChI=1S/C12H15ClN2O2/c1-8(2)7-14-11(16)12(17)15-10-5-3-4-9(13)6-10/h3-6,8H,7H2,1-2H3,(H,14,16)(H,15,17). The van der Waals surface area contributed by atoms with E-state index in [-0.39, 0.29) is 0 Å². The smallest absolute Gasteiger partial charge is 0.313 e. The third-order valence-electron chi connectivity index (χ3n) is 1.96. The molecule has 1 aromatic carbocycles. The molecule has 0 aliphatic carbocycles. The second kappa shape index (κ2) is 6.25. The Morgan fingerprint density at radius 2 is 2.00 bits per heavy atom. The summed E-state index contributed by atoms with van der Waals surface area (Å²) in [4.78, 5) is 22.9. The van der Waals surface area contributed by atoms with E-state index in [2.05, 4.69) is 10.6 Å². The highest BCUT2D eigenvalue weighted by molar-refractivity contribution is 6.39. The fourth-order valence-corrected chi connectivity index (χ4v) is 1.32. The van der Waals surface area contributed by atoms with Crippen LogP contribution in [0.4, 0.5) is 5.69 Å². The van der Waals surface area contributed by atoms with Crippen molar-refractivity contribution in [2.75, 3.05) is 11.9 Å². The van der Waals surface area contributed by atoms with Crippen molar-refractivity contribution in [3.05, 3.63) is 29.3 Å². The van der Waals surface area contributed by atoms with Crippen molar-refractivity contribution in [2.45, 2.75) is 13.8 Å². The summed E-state index contributed by atoms with van der Waals surface area (Å²) in [5, 5.41) is 5.51. The lowest BCUT2D eigenvalue weighted by Gasteiger charge is -2.08. The Hall–Kier alpha value is -1.55. The summed E-state index contributed by atoms with van der Waals surface area (Å²) in [5.41, 5.74) is 0.502. The summed E-state index contributed by atoms with van der Waals surface area (Å²) in [7, 11) is 0. The molecule has 0 aliphatic heterocycles. The number of hydrogen-bond donors (Lipinski definition) is 2. The number of rotatable bonds is 3. The monoisotopic (exact) mass is 254 g/mol. The first-order chi connectivity index (χ1) is 7.99. The molecule has 0 saturated heterocycles. The van der Waals surface area contributed by atoms with Crippen LogP contribution in [0.3, 0.4) is 0 Å². The van der Waals surface area contributed by atoms with Crippen LogP contribution in [-0.4, -0.2) is 18.4 Å². The Morgan fingerprint density at radius 1 is 1.29 bits per heavy atom. The molecule has 1 aromatic rings. The molecule has 0 atom stereocenters. The fourth-order valence-electron chi connectivity index (χ4n) is 1.13. The van der Waals surface area contributed by atoms with Gasteiger partial charge in [-0.25, -0.2) is 0 Å². The van der Waals surface area contributed by atoms with Crippen molar-refractivity contribution in [1.82, 2.24) is 5.32 Å². The average Bonchev–Trinajstić information content (AvgIpc) is 2.25. The van der Waals surface area contributed by atoms with Gasteiger partial charge in [-0.05, 0) is 24.1 Å². The summed E-state index contributed by atoms with van der Waals surface area (Å²) < 4.78 is 0. The lowest BCUT2D eigenvalue weighted by Crippen LogP contribution is -2.37. The van der Waals surface area contributed by atoms with Gasteiger partial charge in [0.15, 0.2) is 0 Å². The summed E-state index contributed by atoms with van der Waals surface area (Å²) in [6.45, 7) is 4.38. The molecule has 0 saturated carbocycles. The molecule has 0 fully saturated rings. The van der Waals surface area contributed by atoms with Crippen LogP contribution in [0, 0.1) is 5.92 Å². The number of hydrogen-bond acceptors (Lipinski definition) is 2. The van der Waals surface area contributed by atoms with E-state index in [0.717, 1.165) is 0 Å². The summed E-state index contributed by atoms with van der Waals surface area (Å²) >= 11 is 5.76. The van der Waals surface area contributed by atoms with E-state index < -0.39 is 11.8 Å². The Balaban J connectivity index is 2.51. The van der Waals surface area contributed by atoms with Crippen LogP contribution in [0.5, 0.6) is 0 Å². The number of amides is 2. The highest BCUT2D eigenvalue weighted by Gasteiger charge is 2.13. The van der Waals surface area contributed by atoms with Gasteiger partial charge in [-0.3, -0.25) is 9.59 Å². The highest BCUT2D eigenvalue weighted by Crippen LogP contribution is 2.14. The molecule has 0 spiro atoms. The maximum atomic E-state index is 11.5. The lowest BCUT2D eigenvalue weighted by atomic mass is 10.2. The van der Waals surface area contributed by atoms with E-state index >= 15 is 0 Å². The molecule has 0 bridgehead atoms. The van der Waals surface area contributed by atoms with E-state index in [0.29, 0.717) is 23.2 Å². The van der Waals surface area contributed by atoms with Gasteiger partial charge < -0.3 is 10.6 Å². The second-order valence-electron chi connectivity index (χ2n) is 4.07. The third-order valence-corrected chi connectivity index (χ3v) is 2.19. The molecule has 1 rings (SSSR count). The van der Waals surface area contributed by atoms with Crippen molar-refractivity contribution in [1.29, 1.82) is 0 Å². The molecule has 92 valence electrons. The van der Waals surface area contributed by atoms with Crippen LogP contribution in [0.1, 0.15) is 13.8 Å². The van der Waals surface area contributed by atoms with E-state index in [1.165, 1.54) is 0 Å². The minimum Gasteiger partial charge on any atom is -0.348 e. The number of carbonyl (C=O) groups is 2. The molecule has 0 aliphatic rings. The van der Waals surface area contributed by atoms with Crippen LogP contribution in [0.2, 0.25) is 5.02 Å². The molecule has 0 radical (unpaired) electrons. The molecule has 0 heterocycles. The summed E-state index contributed by atoms with van der Waals surface area (Å²) in [6.07, 6.45) is 0. The Kier molecular flexibility index (Phi) is 4.97. The van der Waals surface area contributed by atoms with Gasteiger partial charge in [0.05, 0.1) is 0 Å². The van der Waals surface area contributed by atoms with Gasteiger partial charge in [-0.2, -0.15) is 0 Å². The number of anilines is 1. The maximum absolute atomic E-state index is 11.5. The quantitative estimate of drug-likeness (QED) is 0.811. The van der Waals surface area contributed by atoms with Gasteiger partial charge >= 0.3 is 11.8 Å². The van der Waals surface area contributed by atoms with Crippen LogP contribution >= 0.6 is 11.6 Å². The number of nitrogens with one attached hydrogen (secondary N) is 2. The minimum atomic E-state index is -0.687. The Labute approximate surface area is 105 Å². The maximum Gasteiger partial charge on any atom is 0.313 e. The topological polar surface area (TPSA) is 58.2 Å². The van der Waals surface area contributed by atoms with Crippen LogP contribution in [0.15, 0.2) is 24.3 Å². The predicted molar refractivity (Wildman–Crippen MR) is 67.9 cm³/mol. The number of halogens is 1. The largest absolute Gasteiger partial charge is 0.348 e. The first kappa shape index (κ1) is 13.5. The van der Waals surface area contributed by atoms with Gasteiger partial charge in [0.2, 0.25) is 0 Å². The second-order valence-corrected chi connectivity index (χ2v) is 4.50. The average molecular weight is 255 g/mol. The molecular formula is C12H15ClN2O2. The molecule has 2 amide bonds. The zero-order chi connectivity index (χ0) is 12.8. The minimum absolute atomic E-state index is 0.304. The summed E-state index contributed by atoms with van der Waals surface area (Å²) in [6, 6.07) is 6.63. The molecular weight excluding hydrogens is 240 g/mol. The molecule has 0 aromatic heterocycles. The molecule has 0 unspecified atom stereocenters. The zero-order valence-electron chi connectivity index (χ0n) is 9.79. The van der Waals surface area contributed by atoms with Gasteiger partial charge in [-0.15, -0.1) is 0 Å². The Morgan fingerprint density at radius 3 is 2.59 bits per heavy atom. The SMILES string of the molecule is CC(C)CNC(=O)C(=O)Nc1cccc(Cl)c1. The van der Waals surface area contributed by atoms with Crippen molar-refractivity contribution in [2.24, 2.45) is 5.92 Å². The highest BCUT2D eigenvalue weighted by atomic mass is 35.5. The van der Waals surface area contributed by atoms with Crippen molar-refractivity contribution >= 4 is 29.1 Å².